The second kappa shape index (κ2) is 4.87. The molecule has 1 aromatic carbocycles. The molecule has 0 bridgehead atoms. The summed E-state index contributed by atoms with van der Waals surface area (Å²) in [7, 11) is 0. The van der Waals surface area contributed by atoms with Crippen LogP contribution in [0.1, 0.15) is 49.9 Å². The summed E-state index contributed by atoms with van der Waals surface area (Å²) in [6.07, 6.45) is 1.43. The predicted molar refractivity (Wildman–Crippen MR) is 77.1 cm³/mol. The maximum absolute atomic E-state index is 11.7. The molecule has 0 fully saturated rings. The van der Waals surface area contributed by atoms with Gasteiger partial charge in [0.15, 0.2) is 11.4 Å². The molecule has 0 aliphatic carbocycles. The molecule has 1 aromatic rings. The molecule has 2 rings (SSSR count). The van der Waals surface area contributed by atoms with Crippen molar-refractivity contribution in [2.45, 2.75) is 60.5 Å². The third kappa shape index (κ3) is 2.22. The van der Waals surface area contributed by atoms with E-state index in [2.05, 4.69) is 0 Å². The first kappa shape index (κ1) is 15.5. The first-order valence-corrected chi connectivity index (χ1v) is 6.29. The van der Waals surface area contributed by atoms with Crippen LogP contribution in [-0.4, -0.2) is 16.5 Å². The fraction of sp³-hybridized carbons (Fsp3) is 0.562. The number of ketones is 1. The van der Waals surface area contributed by atoms with Crippen LogP contribution in [0.4, 0.5) is 0 Å². The van der Waals surface area contributed by atoms with Gasteiger partial charge in [0.25, 0.3) is 0 Å². The number of hydrogen-bond acceptors (Lipinski definition) is 3. The lowest BCUT2D eigenvalue weighted by atomic mass is 9.85. The Kier molecular flexibility index (Phi) is 3.99. The number of ether oxygens (including phenoxy) is 1. The minimum absolute atomic E-state index is 0. The first-order chi connectivity index (χ1) is 8.28. The van der Waals surface area contributed by atoms with E-state index in [-0.39, 0.29) is 13.2 Å². The van der Waals surface area contributed by atoms with Crippen molar-refractivity contribution >= 4 is 5.78 Å². The molecule has 1 aliphatic heterocycles. The van der Waals surface area contributed by atoms with Gasteiger partial charge in [0.05, 0.1) is 0 Å². The summed E-state index contributed by atoms with van der Waals surface area (Å²) in [5.41, 5.74) is 2.94. The largest absolute Gasteiger partial charge is 0.507 e. The van der Waals surface area contributed by atoms with Crippen molar-refractivity contribution in [3.05, 3.63) is 22.3 Å². The smallest absolute Gasteiger partial charge is 0.172 e. The molecule has 0 aromatic heterocycles. The van der Waals surface area contributed by atoms with E-state index in [1.54, 1.807) is 6.92 Å². The highest BCUT2D eigenvalue weighted by molar-refractivity contribution is 5.85. The molecule has 0 unspecified atom stereocenters. The second-order valence-electron chi connectivity index (χ2n) is 5.42. The van der Waals surface area contributed by atoms with Gasteiger partial charge in [0.1, 0.15) is 11.5 Å². The van der Waals surface area contributed by atoms with E-state index < -0.39 is 5.60 Å². The molecule has 0 amide bonds. The van der Waals surface area contributed by atoms with Crippen molar-refractivity contribution in [2.24, 2.45) is 0 Å². The Balaban J connectivity index is 0.00000180. The standard InChI is InChI=1S/C15H20O3.CH4/c1-8-9(2)14-12(10(3)13(8)17)6-7-15(5,18-14)11(4)16;/h17H,6-7H2,1-5H3;1H4/t15-;/m0./s1. The molecular weight excluding hydrogens is 240 g/mol. The maximum Gasteiger partial charge on any atom is 0.172 e. The summed E-state index contributed by atoms with van der Waals surface area (Å²) < 4.78 is 5.97. The van der Waals surface area contributed by atoms with Crippen LogP contribution in [0.25, 0.3) is 0 Å². The van der Waals surface area contributed by atoms with Gasteiger partial charge in [-0.1, -0.05) is 7.43 Å². The van der Waals surface area contributed by atoms with Crippen LogP contribution in [-0.2, 0) is 11.2 Å². The lowest BCUT2D eigenvalue weighted by Crippen LogP contribution is -2.43. The van der Waals surface area contributed by atoms with E-state index in [1.807, 2.05) is 27.7 Å². The molecule has 1 N–H and O–H groups in total. The minimum Gasteiger partial charge on any atom is -0.507 e. The molecule has 1 atom stereocenters. The number of benzene rings is 1. The summed E-state index contributed by atoms with van der Waals surface area (Å²) >= 11 is 0. The highest BCUT2D eigenvalue weighted by Crippen LogP contribution is 2.43. The van der Waals surface area contributed by atoms with Gasteiger partial charge >= 0.3 is 0 Å². The normalized spacial score (nSPS) is 21.1. The topological polar surface area (TPSA) is 46.5 Å². The average molecular weight is 264 g/mol. The lowest BCUT2D eigenvalue weighted by Gasteiger charge is -2.36. The summed E-state index contributed by atoms with van der Waals surface area (Å²) in [6, 6.07) is 0. The number of carbonyl (C=O) groups excluding carboxylic acids is 1. The number of hydrogen-bond donors (Lipinski definition) is 1. The van der Waals surface area contributed by atoms with Crippen molar-refractivity contribution in [1.82, 2.24) is 0 Å². The summed E-state index contributed by atoms with van der Waals surface area (Å²) in [6.45, 7) is 9.12. The molecule has 0 saturated heterocycles. The van der Waals surface area contributed by atoms with Gasteiger partial charge in [-0.25, -0.2) is 0 Å². The third-order valence-corrected chi connectivity index (χ3v) is 4.26. The summed E-state index contributed by atoms with van der Waals surface area (Å²) in [4.78, 5) is 11.7. The number of Topliss-reactive ketones (excluding diaryl/α,β-unsaturated/α-hetero) is 1. The van der Waals surface area contributed by atoms with Gasteiger partial charge in [-0.3, -0.25) is 4.79 Å². The highest BCUT2D eigenvalue weighted by atomic mass is 16.5. The Morgan fingerprint density at radius 2 is 1.79 bits per heavy atom. The monoisotopic (exact) mass is 264 g/mol. The summed E-state index contributed by atoms with van der Waals surface area (Å²) in [5.74, 6) is 1.18. The van der Waals surface area contributed by atoms with E-state index >= 15 is 0 Å². The number of aromatic hydroxyl groups is 1. The molecule has 0 radical (unpaired) electrons. The Hall–Kier alpha value is -1.51. The lowest BCUT2D eigenvalue weighted by molar-refractivity contribution is -0.132. The molecule has 19 heavy (non-hydrogen) atoms. The van der Waals surface area contributed by atoms with Crippen LogP contribution in [0.5, 0.6) is 11.5 Å². The van der Waals surface area contributed by atoms with E-state index in [4.69, 9.17) is 4.74 Å². The van der Waals surface area contributed by atoms with Crippen LogP contribution in [0.15, 0.2) is 0 Å². The zero-order valence-corrected chi connectivity index (χ0v) is 11.7. The molecule has 106 valence electrons. The van der Waals surface area contributed by atoms with Crippen molar-refractivity contribution in [1.29, 1.82) is 0 Å². The van der Waals surface area contributed by atoms with Gasteiger partial charge in [0.2, 0.25) is 0 Å². The predicted octanol–water partition coefficient (Wildman–Crippen LogP) is 3.63. The van der Waals surface area contributed by atoms with Gasteiger partial charge in [-0.15, -0.1) is 0 Å². The SMILES string of the molecule is C.CC(=O)[C@]1(C)CCc2c(C)c(O)c(C)c(C)c2O1. The van der Waals surface area contributed by atoms with Crippen molar-refractivity contribution in [3.8, 4) is 11.5 Å². The van der Waals surface area contributed by atoms with Gasteiger partial charge < -0.3 is 9.84 Å². The van der Waals surface area contributed by atoms with Crippen LogP contribution >= 0.6 is 0 Å². The fourth-order valence-corrected chi connectivity index (χ4v) is 2.50. The first-order valence-electron chi connectivity index (χ1n) is 6.29. The Morgan fingerprint density at radius 1 is 1.21 bits per heavy atom. The number of rotatable bonds is 1. The molecular formula is C16H24O3. The van der Waals surface area contributed by atoms with E-state index in [9.17, 15) is 9.90 Å². The Morgan fingerprint density at radius 3 is 2.32 bits per heavy atom. The maximum atomic E-state index is 11.7. The molecule has 3 nitrogen and oxygen atoms in total. The summed E-state index contributed by atoms with van der Waals surface area (Å²) in [5, 5.41) is 10.1. The second-order valence-corrected chi connectivity index (χ2v) is 5.42. The number of phenols is 1. The van der Waals surface area contributed by atoms with Gasteiger partial charge in [-0.2, -0.15) is 0 Å². The molecule has 0 saturated carbocycles. The van der Waals surface area contributed by atoms with Crippen molar-refractivity contribution in [2.75, 3.05) is 0 Å². The molecule has 1 aliphatic rings. The van der Waals surface area contributed by atoms with E-state index in [0.29, 0.717) is 12.2 Å². The number of fused-ring (bicyclic) bond motifs is 1. The van der Waals surface area contributed by atoms with Crippen molar-refractivity contribution in [3.63, 3.8) is 0 Å². The Bertz CT molecular complexity index is 532. The Labute approximate surface area is 115 Å². The minimum atomic E-state index is -0.729. The number of carbonyl (C=O) groups is 1. The van der Waals surface area contributed by atoms with Crippen LogP contribution < -0.4 is 4.74 Å². The third-order valence-electron chi connectivity index (χ3n) is 4.26. The van der Waals surface area contributed by atoms with Crippen LogP contribution in [0.3, 0.4) is 0 Å². The zero-order chi connectivity index (χ0) is 13.7. The molecule has 0 spiro atoms. The zero-order valence-electron chi connectivity index (χ0n) is 11.7. The highest BCUT2D eigenvalue weighted by Gasteiger charge is 2.38. The number of phenolic OH excluding ortho intramolecular Hbond substituents is 1. The van der Waals surface area contributed by atoms with E-state index in [0.717, 1.165) is 34.4 Å². The van der Waals surface area contributed by atoms with Crippen LogP contribution in [0.2, 0.25) is 0 Å². The molecule has 1 heterocycles. The quantitative estimate of drug-likeness (QED) is 0.842. The van der Waals surface area contributed by atoms with Gasteiger partial charge in [-0.05, 0) is 64.2 Å². The average Bonchev–Trinajstić information content (AvgIpc) is 2.33. The van der Waals surface area contributed by atoms with Gasteiger partial charge in [0, 0.05) is 5.56 Å². The van der Waals surface area contributed by atoms with E-state index in [1.165, 1.54) is 0 Å². The van der Waals surface area contributed by atoms with Crippen LogP contribution in [0, 0.1) is 20.8 Å². The fourth-order valence-electron chi connectivity index (χ4n) is 2.50. The molecule has 3 heteroatoms. The van der Waals surface area contributed by atoms with Crippen molar-refractivity contribution < 1.29 is 14.6 Å².